The van der Waals surface area contributed by atoms with Crippen molar-refractivity contribution in [3.05, 3.63) is 0 Å². The largest absolute Gasteiger partial charge is 0.377 e. The van der Waals surface area contributed by atoms with Crippen LogP contribution >= 0.6 is 0 Å². The van der Waals surface area contributed by atoms with E-state index in [1.54, 1.807) is 7.11 Å². The van der Waals surface area contributed by atoms with Crippen LogP contribution in [0.2, 0.25) is 0 Å². The number of hydrogen-bond acceptors (Lipinski definition) is 4. The van der Waals surface area contributed by atoms with Gasteiger partial charge in [0.1, 0.15) is 0 Å². The zero-order valence-corrected chi connectivity index (χ0v) is 11.7. The second-order valence-electron chi connectivity index (χ2n) is 4.59. The summed E-state index contributed by atoms with van der Waals surface area (Å²) in [4.78, 5) is 11.4. The number of methoxy groups -OCH3 is 1. The van der Waals surface area contributed by atoms with Crippen molar-refractivity contribution >= 4 is 5.91 Å². The molecule has 106 valence electrons. The van der Waals surface area contributed by atoms with Gasteiger partial charge in [-0.25, -0.2) is 0 Å². The topological polar surface area (TPSA) is 59.6 Å². The van der Waals surface area contributed by atoms with Gasteiger partial charge in [-0.3, -0.25) is 4.79 Å². The Hall–Kier alpha value is -0.650. The molecule has 1 saturated carbocycles. The van der Waals surface area contributed by atoms with Gasteiger partial charge in [-0.1, -0.05) is 6.92 Å². The van der Waals surface area contributed by atoms with E-state index in [0.29, 0.717) is 19.0 Å². The molecule has 18 heavy (non-hydrogen) atoms. The Morgan fingerprint density at radius 1 is 1.33 bits per heavy atom. The summed E-state index contributed by atoms with van der Waals surface area (Å²) in [5, 5.41) is 6.21. The molecule has 0 heterocycles. The summed E-state index contributed by atoms with van der Waals surface area (Å²) in [6.07, 6.45) is 2.77. The molecule has 5 nitrogen and oxygen atoms in total. The Bertz CT molecular complexity index is 248. The Balaban J connectivity index is 2.11. The van der Waals surface area contributed by atoms with Crippen LogP contribution in [0.15, 0.2) is 0 Å². The summed E-state index contributed by atoms with van der Waals surface area (Å²) in [5.74, 6) is 0.110. The number of carbonyl (C=O) groups excluding carboxylic acids is 1. The molecule has 1 aliphatic rings. The molecule has 0 radical (unpaired) electrons. The van der Waals surface area contributed by atoms with Gasteiger partial charge in [0.25, 0.3) is 0 Å². The normalized spacial score (nSPS) is 26.7. The average Bonchev–Trinajstić information content (AvgIpc) is 2.34. The maximum absolute atomic E-state index is 11.4. The molecule has 1 fully saturated rings. The fraction of sp³-hybridized carbons (Fsp3) is 0.923. The first kappa shape index (κ1) is 15.4. The van der Waals surface area contributed by atoms with Crippen LogP contribution in [0.1, 0.15) is 33.1 Å². The second-order valence-corrected chi connectivity index (χ2v) is 4.59. The van der Waals surface area contributed by atoms with Crippen molar-refractivity contribution in [2.75, 3.05) is 26.8 Å². The second kappa shape index (κ2) is 8.45. The summed E-state index contributed by atoms with van der Waals surface area (Å²) in [6.45, 7) is 6.21. The molecule has 1 amide bonds. The highest BCUT2D eigenvalue weighted by atomic mass is 16.5. The van der Waals surface area contributed by atoms with Crippen LogP contribution in [0.25, 0.3) is 0 Å². The lowest BCUT2D eigenvalue weighted by molar-refractivity contribution is -0.132. The molecule has 0 saturated heterocycles. The lowest BCUT2D eigenvalue weighted by Crippen LogP contribution is -2.60. The fourth-order valence-electron chi connectivity index (χ4n) is 2.20. The van der Waals surface area contributed by atoms with Crippen LogP contribution in [0.4, 0.5) is 0 Å². The molecule has 3 unspecified atom stereocenters. The Kier molecular flexibility index (Phi) is 7.23. The van der Waals surface area contributed by atoms with E-state index in [-0.39, 0.29) is 18.1 Å². The van der Waals surface area contributed by atoms with Gasteiger partial charge in [-0.2, -0.15) is 0 Å². The first-order valence-corrected chi connectivity index (χ1v) is 6.87. The number of amides is 1. The number of ether oxygens (including phenoxy) is 2. The highest BCUT2D eigenvalue weighted by molar-refractivity contribution is 5.75. The van der Waals surface area contributed by atoms with Crippen LogP contribution in [-0.2, 0) is 14.3 Å². The molecular weight excluding hydrogens is 232 g/mol. The lowest BCUT2D eigenvalue weighted by Gasteiger charge is -2.43. The van der Waals surface area contributed by atoms with Gasteiger partial charge in [0.15, 0.2) is 0 Å². The maximum atomic E-state index is 11.4. The van der Waals surface area contributed by atoms with Crippen molar-refractivity contribution in [1.29, 1.82) is 0 Å². The molecule has 0 aromatic carbocycles. The van der Waals surface area contributed by atoms with Crippen LogP contribution in [-0.4, -0.2) is 51.0 Å². The van der Waals surface area contributed by atoms with Crippen molar-refractivity contribution in [3.8, 4) is 0 Å². The Morgan fingerprint density at radius 2 is 2.11 bits per heavy atom. The molecule has 5 heteroatoms. The monoisotopic (exact) mass is 258 g/mol. The van der Waals surface area contributed by atoms with E-state index in [1.807, 2.05) is 13.8 Å². The van der Waals surface area contributed by atoms with E-state index in [1.165, 1.54) is 0 Å². The molecule has 2 N–H and O–H groups in total. The Morgan fingerprint density at radius 3 is 2.72 bits per heavy atom. The van der Waals surface area contributed by atoms with Crippen molar-refractivity contribution in [3.63, 3.8) is 0 Å². The summed E-state index contributed by atoms with van der Waals surface area (Å²) >= 11 is 0. The lowest BCUT2D eigenvalue weighted by atomic mass is 9.85. The summed E-state index contributed by atoms with van der Waals surface area (Å²) in [7, 11) is 1.71. The van der Waals surface area contributed by atoms with Crippen LogP contribution in [0.5, 0.6) is 0 Å². The average molecular weight is 258 g/mol. The van der Waals surface area contributed by atoms with Crippen LogP contribution < -0.4 is 10.6 Å². The van der Waals surface area contributed by atoms with E-state index in [2.05, 4.69) is 10.6 Å². The fourth-order valence-corrected chi connectivity index (χ4v) is 2.20. The van der Waals surface area contributed by atoms with Gasteiger partial charge in [0.05, 0.1) is 12.2 Å². The predicted molar refractivity (Wildman–Crippen MR) is 70.5 cm³/mol. The first-order valence-electron chi connectivity index (χ1n) is 6.87. The van der Waals surface area contributed by atoms with Crippen molar-refractivity contribution in [2.45, 2.75) is 51.4 Å². The molecule has 0 aromatic heterocycles. The number of nitrogens with one attached hydrogen (secondary N) is 2. The zero-order valence-electron chi connectivity index (χ0n) is 11.7. The third-order valence-electron chi connectivity index (χ3n) is 3.23. The minimum atomic E-state index is 0.110. The minimum Gasteiger partial charge on any atom is -0.377 e. The van der Waals surface area contributed by atoms with E-state index in [9.17, 15) is 4.79 Å². The molecule has 0 bridgehead atoms. The standard InChI is InChI=1S/C13H26N2O3/c1-4-7-15-12(16)6-8-14-10-9-11(18-5-2)13(10)17-3/h10-11,13-14H,4-9H2,1-3H3,(H,15,16). The number of hydrogen-bond donors (Lipinski definition) is 2. The van der Waals surface area contributed by atoms with E-state index in [4.69, 9.17) is 9.47 Å². The molecule has 0 spiro atoms. The van der Waals surface area contributed by atoms with Gasteiger partial charge < -0.3 is 20.1 Å². The maximum Gasteiger partial charge on any atom is 0.221 e. The zero-order chi connectivity index (χ0) is 13.4. The smallest absolute Gasteiger partial charge is 0.221 e. The van der Waals surface area contributed by atoms with Gasteiger partial charge in [0.2, 0.25) is 5.91 Å². The van der Waals surface area contributed by atoms with Crippen LogP contribution in [0, 0.1) is 0 Å². The van der Waals surface area contributed by atoms with E-state index in [0.717, 1.165) is 26.0 Å². The minimum absolute atomic E-state index is 0.110. The summed E-state index contributed by atoms with van der Waals surface area (Å²) < 4.78 is 10.9. The summed E-state index contributed by atoms with van der Waals surface area (Å²) in [5.41, 5.74) is 0. The van der Waals surface area contributed by atoms with Crippen molar-refractivity contribution < 1.29 is 14.3 Å². The van der Waals surface area contributed by atoms with Crippen molar-refractivity contribution in [2.24, 2.45) is 0 Å². The number of carbonyl (C=O) groups is 1. The van der Waals surface area contributed by atoms with Gasteiger partial charge in [0, 0.05) is 39.3 Å². The van der Waals surface area contributed by atoms with Gasteiger partial charge in [-0.05, 0) is 19.8 Å². The van der Waals surface area contributed by atoms with Gasteiger partial charge >= 0.3 is 0 Å². The quantitative estimate of drug-likeness (QED) is 0.638. The van der Waals surface area contributed by atoms with E-state index >= 15 is 0 Å². The predicted octanol–water partition coefficient (Wildman–Crippen LogP) is 0.685. The molecular formula is C13H26N2O3. The molecule has 3 atom stereocenters. The Labute approximate surface area is 110 Å². The third kappa shape index (κ3) is 4.55. The highest BCUT2D eigenvalue weighted by Crippen LogP contribution is 2.26. The first-order chi connectivity index (χ1) is 8.72. The molecule has 1 aliphatic carbocycles. The highest BCUT2D eigenvalue weighted by Gasteiger charge is 2.41. The SMILES string of the molecule is CCCNC(=O)CCNC1CC(OCC)C1OC. The van der Waals surface area contributed by atoms with Gasteiger partial charge in [-0.15, -0.1) is 0 Å². The molecule has 1 rings (SSSR count). The van der Waals surface area contributed by atoms with Crippen molar-refractivity contribution in [1.82, 2.24) is 10.6 Å². The molecule has 0 aliphatic heterocycles. The molecule has 0 aromatic rings. The van der Waals surface area contributed by atoms with Crippen LogP contribution in [0.3, 0.4) is 0 Å². The third-order valence-corrected chi connectivity index (χ3v) is 3.23. The van der Waals surface area contributed by atoms with E-state index < -0.39 is 0 Å². The summed E-state index contributed by atoms with van der Waals surface area (Å²) in [6, 6.07) is 0.311. The number of rotatable bonds is 9.